The first-order valence-corrected chi connectivity index (χ1v) is 9.78. The third-order valence-electron chi connectivity index (χ3n) is 5.44. The number of nitrogens with one attached hydrogen (secondary N) is 1. The Hall–Kier alpha value is -1.78. The smallest absolute Gasteiger partial charge is 0.336 e. The predicted octanol–water partition coefficient (Wildman–Crippen LogP) is 5.16. The summed E-state index contributed by atoms with van der Waals surface area (Å²) in [5.74, 6) is -1.12. The molecule has 4 nitrogen and oxygen atoms in total. The van der Waals surface area contributed by atoms with Gasteiger partial charge in [0.2, 0.25) is 0 Å². The van der Waals surface area contributed by atoms with E-state index in [2.05, 4.69) is 5.32 Å². The molecule has 1 aromatic carbocycles. The highest BCUT2D eigenvalue weighted by Crippen LogP contribution is 2.50. The Morgan fingerprint density at radius 3 is 2.48 bits per heavy atom. The molecule has 0 saturated heterocycles. The van der Waals surface area contributed by atoms with E-state index in [1.165, 1.54) is 7.11 Å². The lowest BCUT2D eigenvalue weighted by atomic mass is 9.67. The van der Waals surface area contributed by atoms with Crippen molar-refractivity contribution < 1.29 is 14.3 Å². The molecule has 1 aliphatic carbocycles. The Kier molecular flexibility index (Phi) is 5.42. The number of benzene rings is 1. The van der Waals surface area contributed by atoms with Crippen molar-refractivity contribution in [3.05, 3.63) is 56.3 Å². The van der Waals surface area contributed by atoms with Crippen LogP contribution in [0.4, 0.5) is 0 Å². The van der Waals surface area contributed by atoms with Crippen LogP contribution >= 0.6 is 23.2 Å². The minimum atomic E-state index is -0.642. The molecule has 0 aromatic heterocycles. The molecule has 0 spiro atoms. The fraction of sp³-hybridized carbons (Fsp3) is 0.429. The van der Waals surface area contributed by atoms with Crippen molar-refractivity contribution in [2.24, 2.45) is 5.41 Å². The molecular weight excluding hydrogens is 385 g/mol. The van der Waals surface area contributed by atoms with Gasteiger partial charge < -0.3 is 10.1 Å². The van der Waals surface area contributed by atoms with E-state index in [1.807, 2.05) is 20.8 Å². The predicted molar refractivity (Wildman–Crippen MR) is 107 cm³/mol. The van der Waals surface area contributed by atoms with Gasteiger partial charge in [-0.05, 0) is 31.4 Å². The van der Waals surface area contributed by atoms with Gasteiger partial charge in [-0.25, -0.2) is 4.79 Å². The van der Waals surface area contributed by atoms with Crippen LogP contribution in [0.5, 0.6) is 0 Å². The standard InChI is InChI=1S/C21H23Cl2NO3/c1-5-13-17(20(26)27-4)18(15-11(22)7-6-8-12(15)23)16-14(24-13)9-10-21(2,3)19(16)25/h6-8,18,24H,5,9-10H2,1-4H3. The number of allylic oxidation sites excluding steroid dienone is 3. The average molecular weight is 408 g/mol. The molecule has 27 heavy (non-hydrogen) atoms. The van der Waals surface area contributed by atoms with Gasteiger partial charge in [0.15, 0.2) is 5.78 Å². The van der Waals surface area contributed by atoms with Crippen LogP contribution in [0.15, 0.2) is 40.7 Å². The molecule has 1 N–H and O–H groups in total. The Labute approximate surface area is 169 Å². The van der Waals surface area contributed by atoms with Gasteiger partial charge in [0.1, 0.15) is 0 Å². The van der Waals surface area contributed by atoms with E-state index in [-0.39, 0.29) is 5.78 Å². The lowest BCUT2D eigenvalue weighted by Gasteiger charge is -2.40. The summed E-state index contributed by atoms with van der Waals surface area (Å²) < 4.78 is 5.06. The molecule has 3 rings (SSSR count). The molecule has 0 fully saturated rings. The van der Waals surface area contributed by atoms with Gasteiger partial charge in [0.05, 0.1) is 18.6 Å². The molecule has 1 aromatic rings. The number of methoxy groups -OCH3 is 1. The Morgan fingerprint density at radius 2 is 1.93 bits per heavy atom. The molecular formula is C21H23Cl2NO3. The number of rotatable bonds is 3. The van der Waals surface area contributed by atoms with Crippen LogP contribution in [-0.2, 0) is 14.3 Å². The zero-order valence-corrected chi connectivity index (χ0v) is 17.4. The maximum atomic E-state index is 13.4. The Morgan fingerprint density at radius 1 is 1.30 bits per heavy atom. The van der Waals surface area contributed by atoms with E-state index in [0.29, 0.717) is 33.2 Å². The minimum absolute atomic E-state index is 0.00814. The van der Waals surface area contributed by atoms with E-state index in [4.69, 9.17) is 27.9 Å². The second kappa shape index (κ2) is 7.33. The fourth-order valence-electron chi connectivity index (χ4n) is 3.90. The molecule has 1 heterocycles. The SMILES string of the molecule is CCC1=C(C(=O)OC)C(c2c(Cl)cccc2Cl)C2=C(CCC(C)(C)C2=O)N1. The molecule has 2 aliphatic rings. The van der Waals surface area contributed by atoms with Crippen molar-refractivity contribution >= 4 is 35.0 Å². The summed E-state index contributed by atoms with van der Waals surface area (Å²) >= 11 is 13.0. The number of hydrogen-bond donors (Lipinski definition) is 1. The first kappa shape index (κ1) is 20.0. The number of esters is 1. The van der Waals surface area contributed by atoms with Crippen LogP contribution in [0.2, 0.25) is 10.0 Å². The van der Waals surface area contributed by atoms with Crippen LogP contribution in [0, 0.1) is 5.41 Å². The summed E-state index contributed by atoms with van der Waals surface area (Å²) in [6.07, 6.45) is 2.06. The highest BCUT2D eigenvalue weighted by molar-refractivity contribution is 6.36. The second-order valence-electron chi connectivity index (χ2n) is 7.54. The van der Waals surface area contributed by atoms with Crippen molar-refractivity contribution in [3.63, 3.8) is 0 Å². The zero-order valence-electron chi connectivity index (χ0n) is 15.9. The average Bonchev–Trinajstić information content (AvgIpc) is 2.63. The molecule has 0 saturated carbocycles. The topological polar surface area (TPSA) is 55.4 Å². The fourth-order valence-corrected chi connectivity index (χ4v) is 4.51. The van der Waals surface area contributed by atoms with Crippen LogP contribution in [0.3, 0.4) is 0 Å². The molecule has 0 radical (unpaired) electrons. The van der Waals surface area contributed by atoms with E-state index >= 15 is 0 Å². The largest absolute Gasteiger partial charge is 0.466 e. The van der Waals surface area contributed by atoms with Crippen molar-refractivity contribution in [3.8, 4) is 0 Å². The van der Waals surface area contributed by atoms with Gasteiger partial charge in [-0.3, -0.25) is 4.79 Å². The molecule has 6 heteroatoms. The molecule has 1 atom stereocenters. The molecule has 1 unspecified atom stereocenters. The van der Waals surface area contributed by atoms with E-state index in [9.17, 15) is 9.59 Å². The summed E-state index contributed by atoms with van der Waals surface area (Å²) in [4.78, 5) is 26.1. The van der Waals surface area contributed by atoms with Crippen molar-refractivity contribution in [2.45, 2.75) is 46.0 Å². The van der Waals surface area contributed by atoms with E-state index in [1.54, 1.807) is 18.2 Å². The van der Waals surface area contributed by atoms with E-state index < -0.39 is 17.3 Å². The van der Waals surface area contributed by atoms with Crippen LogP contribution < -0.4 is 5.32 Å². The lowest BCUT2D eigenvalue weighted by molar-refractivity contribution is -0.136. The molecule has 1 aliphatic heterocycles. The number of Topliss-reactive ketones (excluding diaryl/α,β-unsaturated/α-hetero) is 1. The molecule has 144 valence electrons. The highest BCUT2D eigenvalue weighted by atomic mass is 35.5. The van der Waals surface area contributed by atoms with Gasteiger partial charge >= 0.3 is 5.97 Å². The number of carbonyl (C=O) groups excluding carboxylic acids is 2. The van der Waals surface area contributed by atoms with Crippen molar-refractivity contribution in [2.75, 3.05) is 7.11 Å². The maximum Gasteiger partial charge on any atom is 0.336 e. The minimum Gasteiger partial charge on any atom is -0.466 e. The van der Waals surface area contributed by atoms with Gasteiger partial charge in [-0.2, -0.15) is 0 Å². The van der Waals surface area contributed by atoms with Crippen molar-refractivity contribution in [1.82, 2.24) is 5.32 Å². The quantitative estimate of drug-likeness (QED) is 0.702. The van der Waals surface area contributed by atoms with Gasteiger partial charge in [-0.15, -0.1) is 0 Å². The number of dihydropyridines is 1. The van der Waals surface area contributed by atoms with Crippen LogP contribution in [-0.4, -0.2) is 18.9 Å². The number of ether oxygens (including phenoxy) is 1. The van der Waals surface area contributed by atoms with Crippen molar-refractivity contribution in [1.29, 1.82) is 0 Å². The third-order valence-corrected chi connectivity index (χ3v) is 6.10. The Bertz CT molecular complexity index is 863. The Balaban J connectivity index is 2.33. The summed E-state index contributed by atoms with van der Waals surface area (Å²) in [5, 5.41) is 4.18. The molecule has 0 bridgehead atoms. The molecule has 0 amide bonds. The van der Waals surface area contributed by atoms with Gasteiger partial charge in [0, 0.05) is 38.0 Å². The van der Waals surface area contributed by atoms with Gasteiger partial charge in [0.25, 0.3) is 0 Å². The normalized spacial score (nSPS) is 21.7. The maximum absolute atomic E-state index is 13.4. The first-order valence-electron chi connectivity index (χ1n) is 9.03. The monoisotopic (exact) mass is 407 g/mol. The summed E-state index contributed by atoms with van der Waals surface area (Å²) in [6, 6.07) is 5.20. The lowest BCUT2D eigenvalue weighted by Crippen LogP contribution is -2.41. The number of halogens is 2. The number of hydrogen-bond acceptors (Lipinski definition) is 4. The zero-order chi connectivity index (χ0) is 19.9. The summed E-state index contributed by atoms with van der Waals surface area (Å²) in [6.45, 7) is 5.82. The third kappa shape index (κ3) is 3.30. The van der Waals surface area contributed by atoms with E-state index in [0.717, 1.165) is 24.2 Å². The summed E-state index contributed by atoms with van der Waals surface area (Å²) in [7, 11) is 1.34. The van der Waals surface area contributed by atoms with Gasteiger partial charge in [-0.1, -0.05) is 50.0 Å². The first-order chi connectivity index (χ1) is 12.7. The highest BCUT2D eigenvalue weighted by Gasteiger charge is 2.46. The second-order valence-corrected chi connectivity index (χ2v) is 8.35. The number of ketones is 1. The van der Waals surface area contributed by atoms with Crippen LogP contribution in [0.25, 0.3) is 0 Å². The number of carbonyl (C=O) groups is 2. The van der Waals surface area contributed by atoms with Crippen LogP contribution in [0.1, 0.15) is 51.5 Å². The summed E-state index contributed by atoms with van der Waals surface area (Å²) in [5.41, 5.74) is 2.63.